The Morgan fingerprint density at radius 2 is 1.86 bits per heavy atom. The van der Waals surface area contributed by atoms with E-state index in [0.29, 0.717) is 28.0 Å². The molecule has 8 heteroatoms. The molecule has 7 nitrogen and oxygen atoms in total. The average Bonchev–Trinajstić information content (AvgIpc) is 3.30. The number of ether oxygens (including phenoxy) is 1. The number of anilines is 1. The van der Waals surface area contributed by atoms with Crippen molar-refractivity contribution >= 4 is 22.9 Å². The lowest BCUT2D eigenvalue weighted by Gasteiger charge is -2.09. The zero-order valence-electron chi connectivity index (χ0n) is 16.2. The summed E-state index contributed by atoms with van der Waals surface area (Å²) in [7, 11) is 0. The monoisotopic (exact) mass is 405 g/mol. The van der Waals surface area contributed by atoms with Gasteiger partial charge in [-0.05, 0) is 62.0 Å². The van der Waals surface area contributed by atoms with Crippen LogP contribution in [-0.2, 0) is 0 Å². The topological polar surface area (TPSA) is 81.9 Å². The van der Waals surface area contributed by atoms with E-state index in [1.807, 2.05) is 36.8 Å². The molecule has 0 aliphatic carbocycles. The number of hydrogen-bond acceptors (Lipinski definition) is 6. The van der Waals surface area contributed by atoms with E-state index in [4.69, 9.17) is 4.74 Å². The van der Waals surface area contributed by atoms with Crippen molar-refractivity contribution in [1.29, 1.82) is 0 Å². The number of benzene rings is 1. The van der Waals surface area contributed by atoms with E-state index in [1.165, 1.54) is 17.7 Å². The third-order valence-electron chi connectivity index (χ3n) is 4.42. The molecule has 0 aliphatic rings. The van der Waals surface area contributed by atoms with Gasteiger partial charge in [0.25, 0.3) is 5.91 Å². The van der Waals surface area contributed by atoms with Crippen LogP contribution in [0.4, 0.5) is 5.69 Å². The molecule has 29 heavy (non-hydrogen) atoms. The molecule has 0 unspecified atom stereocenters. The first-order chi connectivity index (χ1) is 14.0. The van der Waals surface area contributed by atoms with Crippen LogP contribution < -0.4 is 10.1 Å². The van der Waals surface area contributed by atoms with Crippen LogP contribution in [0.15, 0.2) is 54.4 Å². The molecule has 1 aromatic carbocycles. The first kappa shape index (κ1) is 18.8. The summed E-state index contributed by atoms with van der Waals surface area (Å²) in [6.45, 7) is 5.90. The lowest BCUT2D eigenvalue weighted by Crippen LogP contribution is -2.09. The molecule has 0 fully saturated rings. The van der Waals surface area contributed by atoms with Crippen LogP contribution in [0.3, 0.4) is 0 Å². The van der Waals surface area contributed by atoms with Gasteiger partial charge >= 0.3 is 0 Å². The maximum Gasteiger partial charge on any atom is 0.265 e. The number of rotatable bonds is 5. The van der Waals surface area contributed by atoms with Gasteiger partial charge in [-0.15, -0.1) is 11.3 Å². The summed E-state index contributed by atoms with van der Waals surface area (Å²) < 4.78 is 7.72. The molecule has 0 spiro atoms. The van der Waals surface area contributed by atoms with Crippen molar-refractivity contribution in [3.8, 4) is 17.4 Å². The van der Waals surface area contributed by atoms with E-state index >= 15 is 0 Å². The van der Waals surface area contributed by atoms with Crippen LogP contribution in [0.25, 0.3) is 5.82 Å². The van der Waals surface area contributed by atoms with Crippen molar-refractivity contribution in [2.75, 3.05) is 5.32 Å². The Hall–Kier alpha value is -3.52. The highest BCUT2D eigenvalue weighted by Gasteiger charge is 2.10. The molecule has 3 heterocycles. The number of imidazole rings is 1. The van der Waals surface area contributed by atoms with E-state index in [1.54, 1.807) is 36.7 Å². The zero-order valence-corrected chi connectivity index (χ0v) is 17.0. The minimum absolute atomic E-state index is 0.122. The second-order valence-electron chi connectivity index (χ2n) is 6.57. The molecule has 1 amide bonds. The number of carbonyl (C=O) groups is 1. The molecule has 1 N–H and O–H groups in total. The Kier molecular flexibility index (Phi) is 5.09. The van der Waals surface area contributed by atoms with Crippen LogP contribution in [-0.4, -0.2) is 25.4 Å². The Morgan fingerprint density at radius 3 is 2.52 bits per heavy atom. The van der Waals surface area contributed by atoms with Crippen LogP contribution >= 0.6 is 11.3 Å². The molecule has 0 atom stereocenters. The van der Waals surface area contributed by atoms with Gasteiger partial charge in [-0.25, -0.2) is 15.0 Å². The van der Waals surface area contributed by atoms with Gasteiger partial charge in [0.05, 0.1) is 10.6 Å². The molecular weight excluding hydrogens is 386 g/mol. The van der Waals surface area contributed by atoms with E-state index in [-0.39, 0.29) is 5.91 Å². The average molecular weight is 405 g/mol. The Balaban J connectivity index is 1.46. The molecule has 3 aromatic heterocycles. The minimum Gasteiger partial charge on any atom is -0.439 e. The second-order valence-corrected chi connectivity index (χ2v) is 7.48. The van der Waals surface area contributed by atoms with Gasteiger partial charge in [0.15, 0.2) is 0 Å². The Bertz CT molecular complexity index is 1160. The van der Waals surface area contributed by atoms with Crippen LogP contribution in [0, 0.1) is 20.8 Å². The number of hydrogen-bond donors (Lipinski definition) is 1. The minimum atomic E-state index is -0.122. The van der Waals surface area contributed by atoms with Crippen molar-refractivity contribution < 1.29 is 9.53 Å². The molecule has 0 aliphatic heterocycles. The summed E-state index contributed by atoms with van der Waals surface area (Å²) in [6, 6.07) is 10.8. The SMILES string of the molecule is Cc1csc(C(=O)Nc2ccc(Oc3cc(-n4cnc(C)c4C)ncn3)cc2)c1. The van der Waals surface area contributed by atoms with Gasteiger partial charge in [-0.1, -0.05) is 0 Å². The Morgan fingerprint density at radius 1 is 1.07 bits per heavy atom. The molecule has 146 valence electrons. The second kappa shape index (κ2) is 7.84. The highest BCUT2D eigenvalue weighted by atomic mass is 32.1. The van der Waals surface area contributed by atoms with Crippen molar-refractivity contribution in [2.45, 2.75) is 20.8 Å². The van der Waals surface area contributed by atoms with E-state index in [9.17, 15) is 4.79 Å². The maximum absolute atomic E-state index is 12.2. The van der Waals surface area contributed by atoms with E-state index < -0.39 is 0 Å². The summed E-state index contributed by atoms with van der Waals surface area (Å²) in [5.74, 6) is 1.59. The summed E-state index contributed by atoms with van der Waals surface area (Å²) in [5, 5.41) is 4.83. The van der Waals surface area contributed by atoms with Crippen LogP contribution in [0.1, 0.15) is 26.6 Å². The third kappa shape index (κ3) is 4.17. The first-order valence-electron chi connectivity index (χ1n) is 8.97. The summed E-state index contributed by atoms with van der Waals surface area (Å²) in [4.78, 5) is 25.7. The number of amides is 1. The van der Waals surface area contributed by atoms with Crippen LogP contribution in [0.5, 0.6) is 11.6 Å². The summed E-state index contributed by atoms with van der Waals surface area (Å²) in [6.07, 6.45) is 3.18. The van der Waals surface area contributed by atoms with Crippen molar-refractivity contribution in [3.63, 3.8) is 0 Å². The molecule has 0 saturated carbocycles. The fourth-order valence-electron chi connectivity index (χ4n) is 2.72. The standard InChI is InChI=1S/C21H19N5O2S/c1-13-8-18(29-10-13)21(27)25-16-4-6-17(7-5-16)28-20-9-19(22-11-23-20)26-12-24-14(2)15(26)3/h4-12H,1-3H3,(H,25,27). The lowest BCUT2D eigenvalue weighted by molar-refractivity contribution is 0.103. The van der Waals surface area contributed by atoms with Gasteiger partial charge in [-0.2, -0.15) is 0 Å². The number of carbonyl (C=O) groups excluding carboxylic acids is 1. The predicted octanol–water partition coefficient (Wildman–Crippen LogP) is 4.69. The fraction of sp³-hybridized carbons (Fsp3) is 0.143. The number of aryl methyl sites for hydroxylation is 2. The third-order valence-corrected chi connectivity index (χ3v) is 5.46. The van der Waals surface area contributed by atoms with Gasteiger partial charge in [0.2, 0.25) is 5.88 Å². The highest BCUT2D eigenvalue weighted by Crippen LogP contribution is 2.24. The van der Waals surface area contributed by atoms with Crippen molar-refractivity contribution in [3.05, 3.63) is 76.3 Å². The maximum atomic E-state index is 12.2. The van der Waals surface area contributed by atoms with Crippen LogP contribution in [0.2, 0.25) is 0 Å². The summed E-state index contributed by atoms with van der Waals surface area (Å²) >= 11 is 1.43. The van der Waals surface area contributed by atoms with Gasteiger partial charge in [0.1, 0.15) is 24.2 Å². The lowest BCUT2D eigenvalue weighted by atomic mass is 10.3. The van der Waals surface area contributed by atoms with E-state index in [2.05, 4.69) is 20.3 Å². The normalized spacial score (nSPS) is 10.7. The fourth-order valence-corrected chi connectivity index (χ4v) is 3.51. The summed E-state index contributed by atoms with van der Waals surface area (Å²) in [5.41, 5.74) is 3.73. The number of thiophene rings is 1. The van der Waals surface area contributed by atoms with Gasteiger partial charge in [0, 0.05) is 17.4 Å². The molecule has 4 rings (SSSR count). The number of nitrogens with zero attached hydrogens (tertiary/aromatic N) is 4. The molecule has 0 radical (unpaired) electrons. The number of aromatic nitrogens is 4. The van der Waals surface area contributed by atoms with Gasteiger partial charge < -0.3 is 10.1 Å². The molecule has 4 aromatic rings. The Labute approximate surface area is 172 Å². The number of nitrogens with one attached hydrogen (secondary N) is 1. The smallest absolute Gasteiger partial charge is 0.265 e. The van der Waals surface area contributed by atoms with Crippen molar-refractivity contribution in [2.24, 2.45) is 0 Å². The van der Waals surface area contributed by atoms with E-state index in [0.717, 1.165) is 17.0 Å². The zero-order chi connectivity index (χ0) is 20.4. The molecule has 0 saturated heterocycles. The quantitative estimate of drug-likeness (QED) is 0.521. The predicted molar refractivity (Wildman–Crippen MR) is 112 cm³/mol. The highest BCUT2D eigenvalue weighted by molar-refractivity contribution is 7.12. The van der Waals surface area contributed by atoms with Crippen molar-refractivity contribution in [1.82, 2.24) is 19.5 Å². The molecular formula is C21H19N5O2S. The first-order valence-corrected chi connectivity index (χ1v) is 9.85. The molecule has 0 bridgehead atoms. The largest absolute Gasteiger partial charge is 0.439 e. The van der Waals surface area contributed by atoms with Gasteiger partial charge in [-0.3, -0.25) is 9.36 Å².